The van der Waals surface area contributed by atoms with Gasteiger partial charge in [0.1, 0.15) is 30.5 Å². The van der Waals surface area contributed by atoms with E-state index in [-0.39, 0.29) is 46.7 Å². The predicted molar refractivity (Wildman–Crippen MR) is 172 cm³/mol. The Morgan fingerprint density at radius 1 is 0.938 bits per heavy atom. The molecule has 0 aromatic rings. The molecule has 11 nitrogen and oxygen atoms in total. The van der Waals surface area contributed by atoms with E-state index in [1.54, 1.807) is 13.8 Å². The fourth-order valence-corrected chi connectivity index (χ4v) is 13.8. The Morgan fingerprint density at radius 2 is 1.58 bits per heavy atom. The highest BCUT2D eigenvalue weighted by Crippen LogP contribution is 2.89. The van der Waals surface area contributed by atoms with Gasteiger partial charge in [0, 0.05) is 18.3 Å². The summed E-state index contributed by atoms with van der Waals surface area (Å²) >= 11 is 0. The molecule has 2 aliphatic heterocycles. The van der Waals surface area contributed by atoms with E-state index in [9.17, 15) is 35.4 Å². The fourth-order valence-electron chi connectivity index (χ4n) is 13.8. The first kappa shape index (κ1) is 35.5. The maximum atomic E-state index is 12.6. The van der Waals surface area contributed by atoms with Crippen LogP contribution in [0.15, 0.2) is 0 Å². The molecule has 2 saturated heterocycles. The van der Waals surface area contributed by atoms with Crippen molar-refractivity contribution < 1.29 is 54.4 Å². The Hall–Kier alpha value is -0.890. The smallest absolute Gasteiger partial charge is 0.303 e. The zero-order chi connectivity index (χ0) is 35.2. The van der Waals surface area contributed by atoms with E-state index < -0.39 is 71.1 Å². The summed E-state index contributed by atoms with van der Waals surface area (Å²) in [6, 6.07) is 0. The van der Waals surface area contributed by atoms with Gasteiger partial charge in [-0.05, 0) is 105 Å². The van der Waals surface area contributed by atoms with E-state index in [1.807, 2.05) is 0 Å². The maximum absolute atomic E-state index is 12.6. The van der Waals surface area contributed by atoms with E-state index in [1.165, 1.54) is 6.92 Å². The summed E-state index contributed by atoms with van der Waals surface area (Å²) in [6.07, 6.45) is -0.902. The Balaban J connectivity index is 1.17. The summed E-state index contributed by atoms with van der Waals surface area (Å²) in [5.41, 5.74) is -2.59. The molecule has 0 aromatic heterocycles. The average molecular weight is 681 g/mol. The van der Waals surface area contributed by atoms with Crippen LogP contribution in [0.1, 0.15) is 107 Å². The molecule has 7 rings (SSSR count). The van der Waals surface area contributed by atoms with Gasteiger partial charge in [-0.25, -0.2) is 0 Å². The third-order valence-corrected chi connectivity index (χ3v) is 15.9. The third-order valence-electron chi connectivity index (χ3n) is 15.9. The van der Waals surface area contributed by atoms with Crippen LogP contribution in [0.4, 0.5) is 0 Å². The topological polar surface area (TPSA) is 175 Å². The largest absolute Gasteiger partial charge is 0.457 e. The first-order valence-corrected chi connectivity index (χ1v) is 18.4. The van der Waals surface area contributed by atoms with Crippen LogP contribution in [-0.2, 0) is 23.7 Å². The molecule has 5 saturated carbocycles. The van der Waals surface area contributed by atoms with E-state index >= 15 is 0 Å². The van der Waals surface area contributed by atoms with Crippen LogP contribution in [0.25, 0.3) is 0 Å². The van der Waals surface area contributed by atoms with Gasteiger partial charge in [-0.1, -0.05) is 34.6 Å². The molecule has 17 atom stereocenters. The average Bonchev–Trinajstić information content (AvgIpc) is 3.62. The standard InChI is InChI=1S/C37H60O11/c1-18-15-21(28(32(5,6)43)46-19(2)38)48-37(44)27(18)33(7)13-14-36-17-35(36)12-11-24(47-29-26(41)25(40)20(39)16-45-29)31(3,4)22(35)9-10-23(36)34(33,8)30(37)42/h18,20-30,39-44H,9-17H2,1-8H3/t18-,20-,21-,22+,23+,24+,25+,26-,27-,28-,29+,30-,33-,34-,35-,36+,37-/m1/s1. The second-order valence-corrected chi connectivity index (χ2v) is 18.8. The number of hydrogen-bond donors (Lipinski definition) is 6. The Kier molecular flexibility index (Phi) is 8.01. The van der Waals surface area contributed by atoms with Gasteiger partial charge < -0.3 is 49.6 Å². The molecular weight excluding hydrogens is 620 g/mol. The molecule has 0 unspecified atom stereocenters. The number of aliphatic hydroxyl groups is 6. The monoisotopic (exact) mass is 680 g/mol. The van der Waals surface area contributed by atoms with Crippen molar-refractivity contribution in [2.75, 3.05) is 6.61 Å². The lowest BCUT2D eigenvalue weighted by Gasteiger charge is -2.63. The van der Waals surface area contributed by atoms with E-state index in [4.69, 9.17) is 18.9 Å². The van der Waals surface area contributed by atoms with Crippen LogP contribution >= 0.6 is 0 Å². The second kappa shape index (κ2) is 10.8. The van der Waals surface area contributed by atoms with Crippen LogP contribution in [0, 0.1) is 50.7 Å². The summed E-state index contributed by atoms with van der Waals surface area (Å²) in [5, 5.41) is 67.0. The van der Waals surface area contributed by atoms with E-state index in [2.05, 4.69) is 34.6 Å². The number of rotatable bonds is 5. The first-order valence-electron chi connectivity index (χ1n) is 18.4. The highest BCUT2D eigenvalue weighted by Gasteiger charge is 2.86. The molecule has 274 valence electrons. The summed E-state index contributed by atoms with van der Waals surface area (Å²) in [4.78, 5) is 12.1. The molecule has 5 aliphatic carbocycles. The minimum absolute atomic E-state index is 0.0222. The van der Waals surface area contributed by atoms with Gasteiger partial charge in [0.15, 0.2) is 18.2 Å². The lowest BCUT2D eigenvalue weighted by Crippen LogP contribution is -2.62. The number of hydrogen-bond acceptors (Lipinski definition) is 11. The fraction of sp³-hybridized carbons (Fsp3) is 0.973. The highest BCUT2D eigenvalue weighted by atomic mass is 16.7. The van der Waals surface area contributed by atoms with Gasteiger partial charge in [-0.15, -0.1) is 0 Å². The zero-order valence-electron chi connectivity index (χ0n) is 30.0. The van der Waals surface area contributed by atoms with Crippen molar-refractivity contribution in [1.82, 2.24) is 0 Å². The number of fused-ring (bicyclic) bond motifs is 4. The van der Waals surface area contributed by atoms with Crippen molar-refractivity contribution >= 4 is 5.97 Å². The minimum atomic E-state index is -1.86. The maximum Gasteiger partial charge on any atom is 0.303 e. The Morgan fingerprint density at radius 3 is 2.23 bits per heavy atom. The summed E-state index contributed by atoms with van der Waals surface area (Å²) in [7, 11) is 0. The molecule has 0 aromatic carbocycles. The predicted octanol–water partition coefficient (Wildman–Crippen LogP) is 2.65. The molecule has 48 heavy (non-hydrogen) atoms. The molecule has 7 fully saturated rings. The summed E-state index contributed by atoms with van der Waals surface area (Å²) in [6.45, 7) is 15.4. The normalized spacial score (nSPS) is 56.1. The summed E-state index contributed by atoms with van der Waals surface area (Å²) < 4.78 is 24.2. The molecule has 7 aliphatic rings. The lowest BCUT2D eigenvalue weighted by molar-refractivity contribution is -0.342. The van der Waals surface area contributed by atoms with Crippen LogP contribution < -0.4 is 0 Å². The molecule has 2 spiro atoms. The molecule has 2 heterocycles. The van der Waals surface area contributed by atoms with Gasteiger partial charge in [-0.2, -0.15) is 0 Å². The van der Waals surface area contributed by atoms with Gasteiger partial charge in [0.05, 0.1) is 18.3 Å². The molecule has 11 heteroatoms. The third kappa shape index (κ3) is 4.41. The number of carbonyl (C=O) groups excluding carboxylic acids is 1. The molecule has 0 radical (unpaired) electrons. The SMILES string of the molecule is CC(=O)O[C@H]([C@H]1C[C@@H](C)[C@H]2[C@@](O)(O1)[C@H](O)[C@@]1(C)[C@@H]3CC[C@H]4C(C)(C)[C@@H](O[C@@H]5OC[C@@H](O)[C@H](O)[C@H]5O)CC[C@@]45C[C@@]35CC[C@]21C)C(C)(C)O. The van der Waals surface area contributed by atoms with Crippen LogP contribution in [0.3, 0.4) is 0 Å². The van der Waals surface area contributed by atoms with Gasteiger partial charge in [-0.3, -0.25) is 4.79 Å². The van der Waals surface area contributed by atoms with Crippen LogP contribution in [-0.4, -0.2) is 104 Å². The van der Waals surface area contributed by atoms with E-state index in [0.717, 1.165) is 44.9 Å². The number of esters is 1. The van der Waals surface area contributed by atoms with Gasteiger partial charge >= 0.3 is 5.97 Å². The van der Waals surface area contributed by atoms with Crippen molar-refractivity contribution in [3.8, 4) is 0 Å². The lowest BCUT2D eigenvalue weighted by atomic mass is 9.41. The molecule has 6 N–H and O–H groups in total. The Labute approximate surface area is 284 Å². The molecule has 0 bridgehead atoms. The van der Waals surface area contributed by atoms with Gasteiger partial charge in [0.2, 0.25) is 0 Å². The quantitative estimate of drug-likeness (QED) is 0.186. The van der Waals surface area contributed by atoms with Crippen molar-refractivity contribution in [3.05, 3.63) is 0 Å². The minimum Gasteiger partial charge on any atom is -0.457 e. The number of aliphatic hydroxyl groups excluding tert-OH is 4. The first-order chi connectivity index (χ1) is 22.1. The van der Waals surface area contributed by atoms with Crippen molar-refractivity contribution in [3.63, 3.8) is 0 Å². The van der Waals surface area contributed by atoms with Crippen molar-refractivity contribution in [2.45, 2.75) is 167 Å². The Bertz CT molecular complexity index is 1300. The van der Waals surface area contributed by atoms with Crippen LogP contribution in [0.2, 0.25) is 0 Å². The highest BCUT2D eigenvalue weighted by molar-refractivity contribution is 5.66. The summed E-state index contributed by atoms with van der Waals surface area (Å²) in [5.74, 6) is -2.26. The molecular formula is C37H60O11. The van der Waals surface area contributed by atoms with Gasteiger partial charge in [0.25, 0.3) is 0 Å². The van der Waals surface area contributed by atoms with Crippen molar-refractivity contribution in [2.24, 2.45) is 50.7 Å². The van der Waals surface area contributed by atoms with Crippen molar-refractivity contribution in [1.29, 1.82) is 0 Å². The van der Waals surface area contributed by atoms with E-state index in [0.29, 0.717) is 12.3 Å². The number of ether oxygens (including phenoxy) is 4. The number of carbonyl (C=O) groups is 1. The molecule has 0 amide bonds. The second-order valence-electron chi connectivity index (χ2n) is 18.8. The zero-order valence-corrected chi connectivity index (χ0v) is 30.0. The van der Waals surface area contributed by atoms with Crippen LogP contribution in [0.5, 0.6) is 0 Å².